The molecule has 1 amide bonds. The Balaban J connectivity index is 3.07. The molecule has 8 nitrogen and oxygen atoms in total. The van der Waals surface area contributed by atoms with Gasteiger partial charge in [0.15, 0.2) is 0 Å². The van der Waals surface area contributed by atoms with Crippen LogP contribution in [-0.2, 0) is 4.79 Å². The Hall–Kier alpha value is -1.25. The summed E-state index contributed by atoms with van der Waals surface area (Å²) in [5.41, 5.74) is -2.41. The van der Waals surface area contributed by atoms with Crippen molar-refractivity contribution in [1.29, 1.82) is 0 Å². The molecule has 0 aromatic rings. The van der Waals surface area contributed by atoms with Crippen molar-refractivity contribution in [1.82, 2.24) is 10.5 Å². The zero-order chi connectivity index (χ0) is 9.52. The molecule has 0 aromatic carbocycles. The lowest BCUT2D eigenvalue weighted by atomic mass is 10.2. The molecule has 1 rings (SSSR count). The molecule has 1 fully saturated rings. The van der Waals surface area contributed by atoms with Crippen LogP contribution >= 0.6 is 0 Å². The second-order valence-corrected chi connectivity index (χ2v) is 2.31. The molecule has 0 bridgehead atoms. The number of hydrogen-bond donors (Lipinski definition) is 3. The highest BCUT2D eigenvalue weighted by molar-refractivity contribution is 5.82. The molecule has 0 aliphatic carbocycles. The Kier molecular flexibility index (Phi) is 1.75. The van der Waals surface area contributed by atoms with Crippen molar-refractivity contribution >= 4 is 5.91 Å². The Bertz CT molecular complexity index is 221. The number of hydrogen-bond acceptors (Lipinski definition) is 5. The van der Waals surface area contributed by atoms with Gasteiger partial charge in [-0.3, -0.25) is 10.0 Å². The van der Waals surface area contributed by atoms with Gasteiger partial charge in [0.05, 0.1) is 11.3 Å². The maximum Gasteiger partial charge on any atom is 0.431 e. The van der Waals surface area contributed by atoms with Crippen LogP contribution in [0.15, 0.2) is 0 Å². The molecular formula is C4H8N3O5+. The first kappa shape index (κ1) is 8.84. The highest BCUT2D eigenvalue weighted by atomic mass is 16.8. The zero-order valence-electron chi connectivity index (χ0n) is 6.21. The van der Waals surface area contributed by atoms with E-state index in [1.807, 2.05) is 0 Å². The first-order chi connectivity index (χ1) is 5.45. The van der Waals surface area contributed by atoms with E-state index in [-0.39, 0.29) is 11.6 Å². The molecule has 3 N–H and O–H groups in total. The normalized spacial score (nSPS) is 30.3. The van der Waals surface area contributed by atoms with Crippen molar-refractivity contribution < 1.29 is 25.2 Å². The number of rotatable bonds is 1. The Morgan fingerprint density at radius 3 is 2.25 bits per heavy atom. The average Bonchev–Trinajstić information content (AvgIpc) is 2.22. The van der Waals surface area contributed by atoms with Gasteiger partial charge in [-0.25, -0.2) is 5.21 Å². The number of hydroxylamine groups is 1. The van der Waals surface area contributed by atoms with E-state index >= 15 is 0 Å². The molecule has 0 saturated carbocycles. The first-order valence-corrected chi connectivity index (χ1v) is 3.17. The van der Waals surface area contributed by atoms with Gasteiger partial charge in [-0.1, -0.05) is 6.92 Å². The highest BCUT2D eigenvalue weighted by Gasteiger charge is 2.66. The van der Waals surface area contributed by atoms with Crippen LogP contribution in [-0.4, -0.2) is 42.5 Å². The van der Waals surface area contributed by atoms with Gasteiger partial charge in [0.2, 0.25) is 4.87 Å². The molecule has 0 aromatic heterocycles. The van der Waals surface area contributed by atoms with Crippen LogP contribution in [0.3, 0.4) is 0 Å². The molecule has 1 heterocycles. The van der Waals surface area contributed by atoms with Crippen LogP contribution < -0.4 is 0 Å². The molecule has 8 heteroatoms. The summed E-state index contributed by atoms with van der Waals surface area (Å²) >= 11 is 0. The maximum absolute atomic E-state index is 10.9. The van der Waals surface area contributed by atoms with Crippen molar-refractivity contribution in [3.63, 3.8) is 0 Å². The molecule has 0 spiro atoms. The molecule has 12 heavy (non-hydrogen) atoms. The molecule has 68 valence electrons. The summed E-state index contributed by atoms with van der Waals surface area (Å²) in [6.45, 7) is 1.36. The zero-order valence-corrected chi connectivity index (χ0v) is 6.21. The molecule has 1 unspecified atom stereocenters. The van der Waals surface area contributed by atoms with E-state index in [0.29, 0.717) is 0 Å². The van der Waals surface area contributed by atoms with Gasteiger partial charge in [-0.05, 0) is 5.17 Å². The summed E-state index contributed by atoms with van der Waals surface area (Å²) in [7, 11) is 0. The maximum atomic E-state index is 10.9. The summed E-state index contributed by atoms with van der Waals surface area (Å²) in [5.74, 6) is -1.29. The molecule has 1 aliphatic rings. The first-order valence-electron chi connectivity index (χ1n) is 3.17. The number of nitrogens with zero attached hydrogens (tertiary/aromatic N) is 3. The third-order valence-corrected chi connectivity index (χ3v) is 1.67. The molecule has 0 radical (unpaired) electrons. The lowest BCUT2D eigenvalue weighted by Crippen LogP contribution is -2.43. The van der Waals surface area contributed by atoms with Crippen LogP contribution in [0.2, 0.25) is 0 Å². The Morgan fingerprint density at radius 2 is 2.08 bits per heavy atom. The lowest BCUT2D eigenvalue weighted by Gasteiger charge is -2.01. The van der Waals surface area contributed by atoms with Gasteiger partial charge in [0, 0.05) is 0 Å². The van der Waals surface area contributed by atoms with Gasteiger partial charge in [-0.2, -0.15) is 0 Å². The quantitative estimate of drug-likeness (QED) is 0.337. The summed E-state index contributed by atoms with van der Waals surface area (Å²) in [5, 5.41) is 25.8. The topological polar surface area (TPSA) is 104 Å². The van der Waals surface area contributed by atoms with E-state index in [0.717, 1.165) is 0 Å². The highest BCUT2D eigenvalue weighted by Crippen LogP contribution is 2.23. The van der Waals surface area contributed by atoms with Crippen LogP contribution in [0.1, 0.15) is 13.3 Å². The second-order valence-electron chi connectivity index (χ2n) is 2.31. The fourth-order valence-corrected chi connectivity index (χ4v) is 0.835. The minimum atomic E-state index is -2.41. The average molecular weight is 178 g/mol. The fourth-order valence-electron chi connectivity index (χ4n) is 0.835. The largest absolute Gasteiger partial charge is 0.431 e. The van der Waals surface area contributed by atoms with Crippen molar-refractivity contribution in [3.8, 4) is 0 Å². The van der Waals surface area contributed by atoms with Gasteiger partial charge in [0.25, 0.3) is 0 Å². The SMILES string of the molecule is CCC1(O)C(=O)N(O)N(O)[N+]1=O. The number of nitroso groups, excluding NO2 is 1. The molecule has 1 atom stereocenters. The van der Waals surface area contributed by atoms with Crippen LogP contribution in [0.25, 0.3) is 0 Å². The summed E-state index contributed by atoms with van der Waals surface area (Å²) in [4.78, 5) is 21.2. The van der Waals surface area contributed by atoms with Crippen LogP contribution in [0.4, 0.5) is 0 Å². The van der Waals surface area contributed by atoms with E-state index in [2.05, 4.69) is 0 Å². The third kappa shape index (κ3) is 0.793. The minimum absolute atomic E-state index is 0.247. The van der Waals surface area contributed by atoms with E-state index in [1.54, 1.807) is 0 Å². The number of aliphatic hydroxyl groups is 1. The number of hydrazine groups is 2. The summed E-state index contributed by atoms with van der Waals surface area (Å²) in [6.07, 6.45) is -0.247. The number of amides is 1. The molecule has 1 saturated heterocycles. The number of carbonyl (C=O) groups excluding carboxylic acids is 1. The molecular weight excluding hydrogens is 170 g/mol. The fraction of sp³-hybridized carbons (Fsp3) is 0.750. The van der Waals surface area contributed by atoms with Crippen molar-refractivity contribution in [2.75, 3.05) is 0 Å². The third-order valence-electron chi connectivity index (χ3n) is 1.67. The van der Waals surface area contributed by atoms with E-state index in [9.17, 15) is 14.8 Å². The standard InChI is InChI=1S/C4H8N3O5/c1-2-4(9)3(8)5(10)7(12)6(4)11/h9-10,12H,2H2,1H3/q+1. The minimum Gasteiger partial charge on any atom is -0.321 e. The number of carbonyl (C=O) groups is 1. The lowest BCUT2D eigenvalue weighted by molar-refractivity contribution is -0.852. The monoisotopic (exact) mass is 178 g/mol. The van der Waals surface area contributed by atoms with Gasteiger partial charge < -0.3 is 5.11 Å². The summed E-state index contributed by atoms with van der Waals surface area (Å²) in [6, 6.07) is 0. The second kappa shape index (κ2) is 2.37. The van der Waals surface area contributed by atoms with Crippen molar-refractivity contribution in [2.24, 2.45) is 0 Å². The van der Waals surface area contributed by atoms with Crippen molar-refractivity contribution in [3.05, 3.63) is 4.91 Å². The Labute approximate surface area is 66.6 Å². The van der Waals surface area contributed by atoms with E-state index in [1.165, 1.54) is 6.92 Å². The molecule has 1 aliphatic heterocycles. The predicted octanol–water partition coefficient (Wildman–Crippen LogP) is -1.38. The smallest absolute Gasteiger partial charge is 0.321 e. The van der Waals surface area contributed by atoms with Crippen LogP contribution in [0.5, 0.6) is 0 Å². The summed E-state index contributed by atoms with van der Waals surface area (Å²) < 4.78 is 0. The Morgan fingerprint density at radius 1 is 1.58 bits per heavy atom. The van der Waals surface area contributed by atoms with Crippen molar-refractivity contribution in [2.45, 2.75) is 19.1 Å². The van der Waals surface area contributed by atoms with E-state index in [4.69, 9.17) is 10.4 Å². The van der Waals surface area contributed by atoms with Gasteiger partial charge in [-0.15, -0.1) is 0 Å². The predicted molar refractivity (Wildman–Crippen MR) is 31.1 cm³/mol. The van der Waals surface area contributed by atoms with Gasteiger partial charge in [0.1, 0.15) is 5.28 Å². The van der Waals surface area contributed by atoms with E-state index < -0.39 is 21.8 Å². The van der Waals surface area contributed by atoms with Crippen LogP contribution in [0, 0.1) is 4.91 Å². The van der Waals surface area contributed by atoms with Gasteiger partial charge >= 0.3 is 11.6 Å².